The molecule has 4 rings (SSSR count). The van der Waals surface area contributed by atoms with Crippen molar-refractivity contribution in [1.29, 1.82) is 0 Å². The van der Waals surface area contributed by atoms with E-state index in [9.17, 15) is 9.18 Å². The van der Waals surface area contributed by atoms with Crippen LogP contribution in [0.4, 0.5) is 4.39 Å². The summed E-state index contributed by atoms with van der Waals surface area (Å²) in [5.74, 6) is -0.0494. The molecular weight excluding hydrogens is 283 g/mol. The Balaban J connectivity index is 1.63. The van der Waals surface area contributed by atoms with Gasteiger partial charge in [0.1, 0.15) is 17.7 Å². The minimum atomic E-state index is -0.363. The molecule has 0 bridgehead atoms. The molecule has 0 radical (unpaired) electrons. The monoisotopic (exact) mass is 304 g/mol. The number of hydrogen-bond donors (Lipinski definition) is 0. The normalized spacial score (nSPS) is 29.2. The first-order valence-corrected chi connectivity index (χ1v) is 8.11. The van der Waals surface area contributed by atoms with Gasteiger partial charge in [0.05, 0.1) is 11.6 Å². The second-order valence-corrected chi connectivity index (χ2v) is 6.67. The fraction of sp³-hybridized carbons (Fsp3) is 0.588. The summed E-state index contributed by atoms with van der Waals surface area (Å²) in [6.07, 6.45) is 4.99. The van der Waals surface area contributed by atoms with Gasteiger partial charge in [-0.15, -0.1) is 0 Å². The molecule has 1 aliphatic carbocycles. The molecule has 1 saturated heterocycles. The van der Waals surface area contributed by atoms with E-state index in [2.05, 4.69) is 4.90 Å². The smallest absolute Gasteiger partial charge is 0.257 e. The first kappa shape index (κ1) is 14.0. The van der Waals surface area contributed by atoms with Crippen LogP contribution in [0.25, 0.3) is 0 Å². The van der Waals surface area contributed by atoms with Crippen molar-refractivity contribution < 1.29 is 13.9 Å². The summed E-state index contributed by atoms with van der Waals surface area (Å²) in [5, 5.41) is 0. The fourth-order valence-corrected chi connectivity index (χ4v) is 4.11. The molecule has 1 aromatic rings. The van der Waals surface area contributed by atoms with Gasteiger partial charge in [0.15, 0.2) is 0 Å². The Bertz CT molecular complexity index is 600. The number of likely N-dealkylation sites (tertiary alicyclic amines) is 1. The van der Waals surface area contributed by atoms with Crippen molar-refractivity contribution in [3.8, 4) is 5.75 Å². The van der Waals surface area contributed by atoms with E-state index < -0.39 is 0 Å². The van der Waals surface area contributed by atoms with Crippen LogP contribution in [0.1, 0.15) is 36.0 Å². The van der Waals surface area contributed by atoms with Crippen LogP contribution in [-0.4, -0.2) is 54.0 Å². The summed E-state index contributed by atoms with van der Waals surface area (Å²) < 4.78 is 19.6. The fourth-order valence-electron chi connectivity index (χ4n) is 4.11. The molecule has 118 valence electrons. The summed E-state index contributed by atoms with van der Waals surface area (Å²) in [6, 6.07) is 4.84. The second kappa shape index (κ2) is 5.23. The van der Waals surface area contributed by atoms with Crippen LogP contribution in [0.3, 0.4) is 0 Å². The van der Waals surface area contributed by atoms with Gasteiger partial charge in [-0.2, -0.15) is 0 Å². The maximum atomic E-state index is 13.5. The second-order valence-electron chi connectivity index (χ2n) is 6.67. The highest BCUT2D eigenvalue weighted by atomic mass is 19.1. The third kappa shape index (κ3) is 2.19. The van der Waals surface area contributed by atoms with Gasteiger partial charge >= 0.3 is 0 Å². The molecule has 2 aliphatic heterocycles. The predicted molar refractivity (Wildman–Crippen MR) is 80.5 cm³/mol. The molecule has 2 heterocycles. The van der Waals surface area contributed by atoms with Gasteiger partial charge in [-0.1, -0.05) is 12.8 Å². The molecular formula is C17H21FN2O2. The highest BCUT2D eigenvalue weighted by Crippen LogP contribution is 2.34. The number of likely N-dealkylation sites (N-methyl/N-ethyl adjacent to an activating group) is 1. The molecule has 2 atom stereocenters. The molecule has 22 heavy (non-hydrogen) atoms. The van der Waals surface area contributed by atoms with Gasteiger partial charge in [0, 0.05) is 32.2 Å². The van der Waals surface area contributed by atoms with Gasteiger partial charge in [-0.25, -0.2) is 4.39 Å². The maximum Gasteiger partial charge on any atom is 0.257 e. The molecule has 1 saturated carbocycles. The lowest BCUT2D eigenvalue weighted by Crippen LogP contribution is -2.44. The third-order valence-corrected chi connectivity index (χ3v) is 5.38. The Morgan fingerprint density at radius 2 is 2.00 bits per heavy atom. The lowest BCUT2D eigenvalue weighted by atomic mass is 10.1. The van der Waals surface area contributed by atoms with Crippen LogP contribution in [0.15, 0.2) is 18.2 Å². The highest BCUT2D eigenvalue weighted by Gasteiger charge is 2.44. The number of hydrogen-bond acceptors (Lipinski definition) is 3. The zero-order valence-electron chi connectivity index (χ0n) is 12.8. The van der Waals surface area contributed by atoms with Gasteiger partial charge in [-0.3, -0.25) is 9.69 Å². The largest absolute Gasteiger partial charge is 0.486 e. The van der Waals surface area contributed by atoms with Gasteiger partial charge in [0.25, 0.3) is 5.91 Å². The molecule has 1 amide bonds. The van der Waals surface area contributed by atoms with Crippen LogP contribution in [0, 0.1) is 5.82 Å². The van der Waals surface area contributed by atoms with E-state index in [4.69, 9.17) is 4.74 Å². The lowest BCUT2D eigenvalue weighted by Gasteiger charge is -2.26. The number of amides is 1. The van der Waals surface area contributed by atoms with Crippen molar-refractivity contribution in [3.05, 3.63) is 29.6 Å². The third-order valence-electron chi connectivity index (χ3n) is 5.38. The van der Waals surface area contributed by atoms with Crippen LogP contribution < -0.4 is 4.74 Å². The molecule has 0 spiro atoms. The molecule has 1 aromatic carbocycles. The number of carbonyl (C=O) groups excluding carboxylic acids is 1. The van der Waals surface area contributed by atoms with E-state index in [1.54, 1.807) is 4.90 Å². The van der Waals surface area contributed by atoms with Crippen molar-refractivity contribution in [1.82, 2.24) is 9.80 Å². The van der Waals surface area contributed by atoms with E-state index in [0.717, 1.165) is 13.1 Å². The van der Waals surface area contributed by atoms with Crippen LogP contribution in [0.2, 0.25) is 0 Å². The number of benzene rings is 1. The maximum absolute atomic E-state index is 13.5. The summed E-state index contributed by atoms with van der Waals surface area (Å²) in [7, 11) is 1.83. The molecule has 0 N–H and O–H groups in total. The van der Waals surface area contributed by atoms with E-state index in [1.165, 1.54) is 43.9 Å². The number of halogens is 1. The average Bonchev–Trinajstić information content (AvgIpc) is 3.13. The van der Waals surface area contributed by atoms with Crippen molar-refractivity contribution in [2.75, 3.05) is 20.1 Å². The minimum absolute atomic E-state index is 0.0450. The zero-order valence-corrected chi connectivity index (χ0v) is 12.8. The lowest BCUT2D eigenvalue weighted by molar-refractivity contribution is 0.0681. The minimum Gasteiger partial charge on any atom is -0.486 e. The van der Waals surface area contributed by atoms with Crippen LogP contribution >= 0.6 is 0 Å². The quantitative estimate of drug-likeness (QED) is 0.798. The van der Waals surface area contributed by atoms with Gasteiger partial charge in [0.2, 0.25) is 0 Å². The van der Waals surface area contributed by atoms with E-state index >= 15 is 0 Å². The van der Waals surface area contributed by atoms with Crippen LogP contribution in [0.5, 0.6) is 5.75 Å². The Morgan fingerprint density at radius 3 is 2.77 bits per heavy atom. The van der Waals surface area contributed by atoms with Crippen molar-refractivity contribution in [2.24, 2.45) is 0 Å². The number of ether oxygens (including phenoxy) is 1. The summed E-state index contributed by atoms with van der Waals surface area (Å²) in [6.45, 7) is 1.68. The highest BCUT2D eigenvalue weighted by molar-refractivity contribution is 5.97. The Morgan fingerprint density at radius 1 is 1.23 bits per heavy atom. The van der Waals surface area contributed by atoms with Crippen LogP contribution in [-0.2, 0) is 0 Å². The SMILES string of the molecule is CN1C(=O)c2ccc(F)cc2O[C@H]2CN(C3CCCC3)C[C@H]21. The number of fused-ring (bicyclic) bond motifs is 2. The Hall–Kier alpha value is -1.62. The van der Waals surface area contributed by atoms with Gasteiger partial charge in [-0.05, 0) is 25.0 Å². The summed E-state index contributed by atoms with van der Waals surface area (Å²) in [4.78, 5) is 16.9. The van der Waals surface area contributed by atoms with Crippen molar-refractivity contribution in [2.45, 2.75) is 43.9 Å². The number of nitrogens with zero attached hydrogens (tertiary/aromatic N) is 2. The topological polar surface area (TPSA) is 32.8 Å². The van der Waals surface area contributed by atoms with Gasteiger partial charge < -0.3 is 9.64 Å². The molecule has 0 unspecified atom stereocenters. The Labute approximate surface area is 129 Å². The van der Waals surface area contributed by atoms with Crippen molar-refractivity contribution >= 4 is 5.91 Å². The zero-order chi connectivity index (χ0) is 15.3. The first-order chi connectivity index (χ1) is 10.6. The van der Waals surface area contributed by atoms with E-state index in [1.807, 2.05) is 7.05 Å². The number of rotatable bonds is 1. The predicted octanol–water partition coefficient (Wildman–Crippen LogP) is 2.29. The number of carbonyl (C=O) groups is 1. The standard InChI is InChI=1S/C17H21FN2O2/c1-19-14-9-20(12-4-2-3-5-12)10-16(14)22-15-8-11(18)6-7-13(15)17(19)21/h6-8,12,14,16H,2-5,9-10H2,1H3/t14-,16+/m1/s1. The molecule has 2 fully saturated rings. The summed E-state index contributed by atoms with van der Waals surface area (Å²) >= 11 is 0. The Kier molecular flexibility index (Phi) is 3.33. The molecule has 3 aliphatic rings. The molecule has 4 nitrogen and oxygen atoms in total. The molecule has 0 aromatic heterocycles. The first-order valence-electron chi connectivity index (χ1n) is 8.11. The van der Waals surface area contributed by atoms with E-state index in [0.29, 0.717) is 17.4 Å². The average molecular weight is 304 g/mol. The van der Waals surface area contributed by atoms with E-state index in [-0.39, 0.29) is 23.9 Å². The van der Waals surface area contributed by atoms with Crippen molar-refractivity contribution in [3.63, 3.8) is 0 Å². The molecule has 5 heteroatoms. The summed E-state index contributed by atoms with van der Waals surface area (Å²) in [5.41, 5.74) is 0.464.